The zero-order valence-corrected chi connectivity index (χ0v) is 19.6. The number of nitrogens with one attached hydrogen (secondary N) is 2. The Hall–Kier alpha value is -4.30. The standard InChI is InChI=1S/C27H27N7O/c1-3-25(35)30-21-11-12-28-24(17-21)23-6-4-5-19-18-29-27(32-26(19)23)31-20-7-9-22(10-8-20)34-15-13-33(2)14-16-34/h3-12,17-18H,1,13-16H2,2H3,(H,28,30,35)(H,29,31,32). The highest BCUT2D eigenvalue weighted by Gasteiger charge is 2.14. The Bertz CT molecular complexity index is 1360. The van der Waals surface area contributed by atoms with E-state index in [1.807, 2.05) is 24.3 Å². The summed E-state index contributed by atoms with van der Waals surface area (Å²) in [5.74, 6) is 0.237. The topological polar surface area (TPSA) is 86.3 Å². The van der Waals surface area contributed by atoms with Gasteiger partial charge >= 0.3 is 0 Å². The lowest BCUT2D eigenvalue weighted by Crippen LogP contribution is -2.44. The minimum Gasteiger partial charge on any atom is -0.369 e. The van der Waals surface area contributed by atoms with E-state index in [4.69, 9.17) is 4.98 Å². The molecule has 1 amide bonds. The average Bonchev–Trinajstić information content (AvgIpc) is 2.89. The van der Waals surface area contributed by atoms with Crippen LogP contribution in [0.2, 0.25) is 0 Å². The van der Waals surface area contributed by atoms with Gasteiger partial charge in [0.2, 0.25) is 11.9 Å². The number of anilines is 4. The number of carbonyl (C=O) groups is 1. The van der Waals surface area contributed by atoms with Crippen LogP contribution in [0.3, 0.4) is 0 Å². The minimum absolute atomic E-state index is 0.271. The molecule has 0 saturated carbocycles. The number of amides is 1. The van der Waals surface area contributed by atoms with Crippen LogP contribution in [0.1, 0.15) is 0 Å². The molecule has 0 atom stereocenters. The third kappa shape index (κ3) is 5.12. The molecule has 2 aromatic heterocycles. The number of aromatic nitrogens is 3. The van der Waals surface area contributed by atoms with Crippen molar-refractivity contribution in [2.75, 3.05) is 48.8 Å². The summed E-state index contributed by atoms with van der Waals surface area (Å²) in [5.41, 5.74) is 5.13. The smallest absolute Gasteiger partial charge is 0.247 e. The van der Waals surface area contributed by atoms with Gasteiger partial charge in [0.1, 0.15) is 0 Å². The van der Waals surface area contributed by atoms with Crippen LogP contribution < -0.4 is 15.5 Å². The van der Waals surface area contributed by atoms with Crippen molar-refractivity contribution in [3.8, 4) is 11.3 Å². The van der Waals surface area contributed by atoms with E-state index in [0.29, 0.717) is 17.3 Å². The maximum absolute atomic E-state index is 11.7. The van der Waals surface area contributed by atoms with Gasteiger partial charge in [-0.3, -0.25) is 9.78 Å². The molecule has 35 heavy (non-hydrogen) atoms. The highest BCUT2D eigenvalue weighted by molar-refractivity contribution is 5.99. The monoisotopic (exact) mass is 465 g/mol. The fourth-order valence-electron chi connectivity index (χ4n) is 4.12. The van der Waals surface area contributed by atoms with Gasteiger partial charge in [-0.1, -0.05) is 24.8 Å². The molecule has 3 heterocycles. The van der Waals surface area contributed by atoms with Gasteiger partial charge < -0.3 is 20.4 Å². The summed E-state index contributed by atoms with van der Waals surface area (Å²) >= 11 is 0. The maximum atomic E-state index is 11.7. The molecule has 1 saturated heterocycles. The number of rotatable bonds is 6. The summed E-state index contributed by atoms with van der Waals surface area (Å²) in [7, 11) is 2.16. The molecule has 8 nitrogen and oxygen atoms in total. The molecule has 1 aliphatic rings. The first-order chi connectivity index (χ1) is 17.1. The highest BCUT2D eigenvalue weighted by Crippen LogP contribution is 2.28. The lowest BCUT2D eigenvalue weighted by Gasteiger charge is -2.34. The van der Waals surface area contributed by atoms with Crippen molar-refractivity contribution < 1.29 is 4.79 Å². The Morgan fingerprint density at radius 1 is 1.00 bits per heavy atom. The summed E-state index contributed by atoms with van der Waals surface area (Å²) in [6, 6.07) is 17.8. The van der Waals surface area contributed by atoms with Crippen molar-refractivity contribution in [3.05, 3.63) is 79.6 Å². The van der Waals surface area contributed by atoms with Gasteiger partial charge in [0, 0.05) is 66.6 Å². The number of para-hydroxylation sites is 1. The van der Waals surface area contributed by atoms with E-state index >= 15 is 0 Å². The normalized spacial score (nSPS) is 14.0. The van der Waals surface area contributed by atoms with E-state index < -0.39 is 0 Å². The van der Waals surface area contributed by atoms with Crippen LogP contribution in [0.5, 0.6) is 0 Å². The Kier molecular flexibility index (Phi) is 6.36. The summed E-state index contributed by atoms with van der Waals surface area (Å²) < 4.78 is 0. The zero-order chi connectivity index (χ0) is 24.2. The van der Waals surface area contributed by atoms with Gasteiger partial charge in [0.05, 0.1) is 11.2 Å². The van der Waals surface area contributed by atoms with Crippen LogP contribution in [0, 0.1) is 0 Å². The van der Waals surface area contributed by atoms with Crippen LogP contribution >= 0.6 is 0 Å². The first-order valence-corrected chi connectivity index (χ1v) is 11.6. The molecule has 2 N–H and O–H groups in total. The quantitative estimate of drug-likeness (QED) is 0.410. The molecule has 1 aliphatic heterocycles. The van der Waals surface area contributed by atoms with Gasteiger partial charge in [-0.25, -0.2) is 9.97 Å². The van der Waals surface area contributed by atoms with Gasteiger partial charge in [-0.2, -0.15) is 0 Å². The van der Waals surface area contributed by atoms with Crippen LogP contribution in [-0.4, -0.2) is 59.0 Å². The second-order valence-corrected chi connectivity index (χ2v) is 8.52. The fourth-order valence-corrected chi connectivity index (χ4v) is 4.12. The molecule has 2 aromatic carbocycles. The second kappa shape index (κ2) is 9.90. The van der Waals surface area contributed by atoms with E-state index in [0.717, 1.165) is 48.3 Å². The maximum Gasteiger partial charge on any atom is 0.247 e. The molecule has 1 fully saturated rings. The van der Waals surface area contributed by atoms with E-state index in [-0.39, 0.29) is 5.91 Å². The largest absolute Gasteiger partial charge is 0.369 e. The molecule has 4 aromatic rings. The van der Waals surface area contributed by atoms with Crippen molar-refractivity contribution in [1.82, 2.24) is 19.9 Å². The third-order valence-electron chi connectivity index (χ3n) is 6.09. The van der Waals surface area contributed by atoms with Crippen molar-refractivity contribution in [3.63, 3.8) is 0 Å². The summed E-state index contributed by atoms with van der Waals surface area (Å²) in [5, 5.41) is 7.00. The van der Waals surface area contributed by atoms with E-state index in [1.54, 1.807) is 18.5 Å². The number of hydrogen-bond donors (Lipinski definition) is 2. The van der Waals surface area contributed by atoms with E-state index in [9.17, 15) is 4.79 Å². The summed E-state index contributed by atoms with van der Waals surface area (Å²) in [6.07, 6.45) is 4.70. The number of carbonyl (C=O) groups excluding carboxylic acids is 1. The highest BCUT2D eigenvalue weighted by atomic mass is 16.1. The third-order valence-corrected chi connectivity index (χ3v) is 6.09. The molecular weight excluding hydrogens is 438 g/mol. The Morgan fingerprint density at radius 3 is 2.57 bits per heavy atom. The average molecular weight is 466 g/mol. The number of likely N-dealkylation sites (N-methyl/N-ethyl adjacent to an activating group) is 1. The van der Waals surface area contributed by atoms with E-state index in [2.05, 4.69) is 68.3 Å². The fraction of sp³-hybridized carbons (Fsp3) is 0.185. The van der Waals surface area contributed by atoms with Gasteiger partial charge in [0.15, 0.2) is 0 Å². The van der Waals surface area contributed by atoms with Crippen molar-refractivity contribution >= 4 is 39.8 Å². The first kappa shape index (κ1) is 22.5. The Morgan fingerprint density at radius 2 is 1.80 bits per heavy atom. The van der Waals surface area contributed by atoms with Crippen LogP contribution in [0.25, 0.3) is 22.2 Å². The summed E-state index contributed by atoms with van der Waals surface area (Å²) in [6.45, 7) is 7.72. The molecule has 0 spiro atoms. The Balaban J connectivity index is 1.39. The molecular formula is C27H27N7O. The molecule has 0 bridgehead atoms. The number of nitrogens with zero attached hydrogens (tertiary/aromatic N) is 5. The minimum atomic E-state index is -0.271. The first-order valence-electron chi connectivity index (χ1n) is 11.6. The number of piperazine rings is 1. The zero-order valence-electron chi connectivity index (χ0n) is 19.6. The Labute approximate surface area is 204 Å². The number of hydrogen-bond acceptors (Lipinski definition) is 7. The van der Waals surface area contributed by atoms with Gasteiger partial charge in [0.25, 0.3) is 0 Å². The number of benzene rings is 2. The predicted octanol–water partition coefficient (Wildman–Crippen LogP) is 4.31. The lowest BCUT2D eigenvalue weighted by atomic mass is 10.1. The summed E-state index contributed by atoms with van der Waals surface area (Å²) in [4.78, 5) is 30.2. The van der Waals surface area contributed by atoms with Crippen molar-refractivity contribution in [2.24, 2.45) is 0 Å². The second-order valence-electron chi connectivity index (χ2n) is 8.52. The number of pyridine rings is 1. The molecule has 0 unspecified atom stereocenters. The van der Waals surface area contributed by atoms with E-state index in [1.165, 1.54) is 11.8 Å². The van der Waals surface area contributed by atoms with Crippen molar-refractivity contribution in [1.29, 1.82) is 0 Å². The van der Waals surface area contributed by atoms with Gasteiger partial charge in [-0.05, 0) is 49.5 Å². The van der Waals surface area contributed by atoms with Crippen molar-refractivity contribution in [2.45, 2.75) is 0 Å². The van der Waals surface area contributed by atoms with Crippen LogP contribution in [0.4, 0.5) is 23.0 Å². The van der Waals surface area contributed by atoms with Crippen LogP contribution in [0.15, 0.2) is 79.6 Å². The number of fused-ring (bicyclic) bond motifs is 1. The molecule has 176 valence electrons. The van der Waals surface area contributed by atoms with Crippen LogP contribution in [-0.2, 0) is 4.79 Å². The predicted molar refractivity (Wildman–Crippen MR) is 141 cm³/mol. The molecule has 0 aliphatic carbocycles. The molecule has 0 radical (unpaired) electrons. The molecule has 5 rings (SSSR count). The molecule has 8 heteroatoms. The lowest BCUT2D eigenvalue weighted by molar-refractivity contribution is -0.111. The SMILES string of the molecule is C=CC(=O)Nc1ccnc(-c2cccc3cnc(Nc4ccc(N5CCN(C)CC5)cc4)nc23)c1. The van der Waals surface area contributed by atoms with Gasteiger partial charge in [-0.15, -0.1) is 0 Å².